The van der Waals surface area contributed by atoms with Crippen LogP contribution in [0, 0.1) is 5.92 Å². The number of unbranched alkanes of at least 4 members (excludes halogenated alkanes) is 1. The zero-order chi connectivity index (χ0) is 10.4. The Hall–Kier alpha value is -0.830. The predicted octanol–water partition coefficient (Wildman–Crippen LogP) is 1.75. The SMILES string of the molecule is C=CCCCN1CCCC(C(=O)O)C1. The molecule has 0 saturated carbocycles. The van der Waals surface area contributed by atoms with Crippen molar-refractivity contribution in [2.75, 3.05) is 19.6 Å². The fourth-order valence-corrected chi connectivity index (χ4v) is 1.92. The maximum Gasteiger partial charge on any atom is 0.307 e. The first kappa shape index (κ1) is 11.2. The smallest absolute Gasteiger partial charge is 0.307 e. The summed E-state index contributed by atoms with van der Waals surface area (Å²) in [5.41, 5.74) is 0. The Labute approximate surface area is 85.4 Å². The number of allylic oxidation sites excluding steroid dienone is 1. The van der Waals surface area contributed by atoms with Gasteiger partial charge in [0.05, 0.1) is 5.92 Å². The molecule has 80 valence electrons. The van der Waals surface area contributed by atoms with Crippen LogP contribution in [0.4, 0.5) is 0 Å². The van der Waals surface area contributed by atoms with Crippen molar-refractivity contribution in [1.29, 1.82) is 0 Å². The summed E-state index contributed by atoms with van der Waals surface area (Å²) in [6, 6.07) is 0. The molecule has 0 spiro atoms. The highest BCUT2D eigenvalue weighted by Crippen LogP contribution is 2.16. The Kier molecular flexibility index (Phi) is 4.66. The summed E-state index contributed by atoms with van der Waals surface area (Å²) >= 11 is 0. The van der Waals surface area contributed by atoms with Crippen molar-refractivity contribution in [1.82, 2.24) is 4.90 Å². The average Bonchev–Trinajstić information content (AvgIpc) is 2.19. The predicted molar refractivity (Wildman–Crippen MR) is 56.2 cm³/mol. The van der Waals surface area contributed by atoms with Crippen LogP contribution in [0.1, 0.15) is 25.7 Å². The minimum Gasteiger partial charge on any atom is -0.481 e. The van der Waals surface area contributed by atoms with E-state index in [1.54, 1.807) is 0 Å². The summed E-state index contributed by atoms with van der Waals surface area (Å²) in [5, 5.41) is 8.88. The summed E-state index contributed by atoms with van der Waals surface area (Å²) in [5.74, 6) is -0.786. The van der Waals surface area contributed by atoms with Gasteiger partial charge in [0.15, 0.2) is 0 Å². The molecule has 3 nitrogen and oxygen atoms in total. The lowest BCUT2D eigenvalue weighted by molar-refractivity contribution is -0.143. The standard InChI is InChI=1S/C11H19NO2/c1-2-3-4-7-12-8-5-6-10(9-12)11(13)14/h2,10H,1,3-9H2,(H,13,14). The third-order valence-corrected chi connectivity index (χ3v) is 2.74. The number of hydrogen-bond acceptors (Lipinski definition) is 2. The zero-order valence-corrected chi connectivity index (χ0v) is 8.61. The van der Waals surface area contributed by atoms with E-state index in [2.05, 4.69) is 11.5 Å². The second kappa shape index (κ2) is 5.81. The van der Waals surface area contributed by atoms with Crippen LogP contribution < -0.4 is 0 Å². The Balaban J connectivity index is 2.25. The van der Waals surface area contributed by atoms with E-state index in [1.807, 2.05) is 6.08 Å². The number of hydrogen-bond donors (Lipinski definition) is 1. The molecule has 0 aromatic rings. The molecule has 3 heteroatoms. The molecule has 0 bridgehead atoms. The van der Waals surface area contributed by atoms with E-state index in [4.69, 9.17) is 5.11 Å². The molecule has 0 aromatic carbocycles. The summed E-state index contributed by atoms with van der Waals surface area (Å²) < 4.78 is 0. The first-order valence-corrected chi connectivity index (χ1v) is 5.30. The number of carbonyl (C=O) groups is 1. The largest absolute Gasteiger partial charge is 0.481 e. The summed E-state index contributed by atoms with van der Waals surface area (Å²) in [4.78, 5) is 13.0. The molecule has 0 radical (unpaired) electrons. The average molecular weight is 197 g/mol. The van der Waals surface area contributed by atoms with Crippen LogP contribution in [0.2, 0.25) is 0 Å². The van der Waals surface area contributed by atoms with E-state index in [-0.39, 0.29) is 5.92 Å². The topological polar surface area (TPSA) is 40.5 Å². The van der Waals surface area contributed by atoms with Crippen molar-refractivity contribution in [2.45, 2.75) is 25.7 Å². The first-order chi connectivity index (χ1) is 6.74. The quantitative estimate of drug-likeness (QED) is 0.539. The minimum atomic E-state index is -0.640. The highest BCUT2D eigenvalue weighted by Gasteiger charge is 2.24. The summed E-state index contributed by atoms with van der Waals surface area (Å²) in [6.07, 6.45) is 5.89. The zero-order valence-electron chi connectivity index (χ0n) is 8.61. The molecule has 1 aliphatic rings. The van der Waals surface area contributed by atoms with Crippen LogP contribution in [0.5, 0.6) is 0 Å². The number of likely N-dealkylation sites (tertiary alicyclic amines) is 1. The van der Waals surface area contributed by atoms with Crippen molar-refractivity contribution < 1.29 is 9.90 Å². The van der Waals surface area contributed by atoms with Gasteiger partial charge in [0, 0.05) is 6.54 Å². The number of carboxylic acid groups (broad SMARTS) is 1. The minimum absolute atomic E-state index is 0.146. The first-order valence-electron chi connectivity index (χ1n) is 5.30. The normalized spacial score (nSPS) is 23.3. The van der Waals surface area contributed by atoms with Crippen molar-refractivity contribution in [3.05, 3.63) is 12.7 Å². The Morgan fingerprint density at radius 1 is 1.64 bits per heavy atom. The van der Waals surface area contributed by atoms with Crippen LogP contribution in [0.15, 0.2) is 12.7 Å². The number of nitrogens with zero attached hydrogens (tertiary/aromatic N) is 1. The van der Waals surface area contributed by atoms with Crippen LogP contribution in [-0.4, -0.2) is 35.6 Å². The summed E-state index contributed by atoms with van der Waals surface area (Å²) in [7, 11) is 0. The van der Waals surface area contributed by atoms with Gasteiger partial charge in [0.25, 0.3) is 0 Å². The molecule has 0 amide bonds. The molecule has 1 saturated heterocycles. The van der Waals surface area contributed by atoms with Crippen molar-refractivity contribution >= 4 is 5.97 Å². The Morgan fingerprint density at radius 3 is 3.07 bits per heavy atom. The van der Waals surface area contributed by atoms with Gasteiger partial charge in [0.2, 0.25) is 0 Å². The van der Waals surface area contributed by atoms with Gasteiger partial charge in [-0.15, -0.1) is 6.58 Å². The summed E-state index contributed by atoms with van der Waals surface area (Å²) in [6.45, 7) is 6.47. The fourth-order valence-electron chi connectivity index (χ4n) is 1.92. The second-order valence-electron chi connectivity index (χ2n) is 3.91. The fraction of sp³-hybridized carbons (Fsp3) is 0.727. The molecule has 0 aromatic heterocycles. The lowest BCUT2D eigenvalue weighted by Crippen LogP contribution is -2.39. The monoisotopic (exact) mass is 197 g/mol. The van der Waals surface area contributed by atoms with Crippen molar-refractivity contribution in [2.24, 2.45) is 5.92 Å². The molecule has 1 N–H and O–H groups in total. The van der Waals surface area contributed by atoms with E-state index in [9.17, 15) is 4.79 Å². The van der Waals surface area contributed by atoms with E-state index in [0.29, 0.717) is 0 Å². The molecule has 1 fully saturated rings. The molecule has 0 aliphatic carbocycles. The molecule has 1 unspecified atom stereocenters. The van der Waals surface area contributed by atoms with Gasteiger partial charge in [0.1, 0.15) is 0 Å². The number of piperidine rings is 1. The van der Waals surface area contributed by atoms with Gasteiger partial charge in [-0.05, 0) is 38.8 Å². The number of rotatable bonds is 5. The van der Waals surface area contributed by atoms with E-state index in [0.717, 1.165) is 45.3 Å². The van der Waals surface area contributed by atoms with Crippen molar-refractivity contribution in [3.63, 3.8) is 0 Å². The molecule has 1 aliphatic heterocycles. The Bertz CT molecular complexity index is 203. The third-order valence-electron chi connectivity index (χ3n) is 2.74. The second-order valence-corrected chi connectivity index (χ2v) is 3.91. The molecular formula is C11H19NO2. The molecule has 1 atom stereocenters. The lowest BCUT2D eigenvalue weighted by atomic mass is 9.98. The highest BCUT2D eigenvalue weighted by molar-refractivity contribution is 5.70. The van der Waals surface area contributed by atoms with Gasteiger partial charge >= 0.3 is 5.97 Å². The van der Waals surface area contributed by atoms with E-state index < -0.39 is 5.97 Å². The van der Waals surface area contributed by atoms with E-state index in [1.165, 1.54) is 0 Å². The van der Waals surface area contributed by atoms with Gasteiger partial charge in [-0.3, -0.25) is 4.79 Å². The number of aliphatic carboxylic acids is 1. The molecule has 1 heterocycles. The van der Waals surface area contributed by atoms with Crippen molar-refractivity contribution in [3.8, 4) is 0 Å². The van der Waals surface area contributed by atoms with Crippen LogP contribution in [-0.2, 0) is 4.79 Å². The van der Waals surface area contributed by atoms with Gasteiger partial charge in [-0.1, -0.05) is 6.08 Å². The third kappa shape index (κ3) is 3.50. The van der Waals surface area contributed by atoms with Gasteiger partial charge in [-0.25, -0.2) is 0 Å². The highest BCUT2D eigenvalue weighted by atomic mass is 16.4. The van der Waals surface area contributed by atoms with Crippen LogP contribution >= 0.6 is 0 Å². The lowest BCUT2D eigenvalue weighted by Gasteiger charge is -2.30. The van der Waals surface area contributed by atoms with Gasteiger partial charge in [-0.2, -0.15) is 0 Å². The molecular weight excluding hydrogens is 178 g/mol. The van der Waals surface area contributed by atoms with E-state index >= 15 is 0 Å². The molecule has 1 rings (SSSR count). The van der Waals surface area contributed by atoms with Crippen LogP contribution in [0.3, 0.4) is 0 Å². The maximum absolute atomic E-state index is 10.8. The maximum atomic E-state index is 10.8. The Morgan fingerprint density at radius 2 is 2.43 bits per heavy atom. The van der Waals surface area contributed by atoms with Gasteiger partial charge < -0.3 is 10.0 Å². The number of carboxylic acids is 1. The van der Waals surface area contributed by atoms with Crippen LogP contribution in [0.25, 0.3) is 0 Å². The molecule has 14 heavy (non-hydrogen) atoms.